The monoisotopic (exact) mass is 409 g/mol. The van der Waals surface area contributed by atoms with Crippen LogP contribution in [0.3, 0.4) is 0 Å². The lowest BCUT2D eigenvalue weighted by molar-refractivity contribution is -0.129. The first-order valence-electron chi connectivity index (χ1n) is 7.42. The second-order valence-electron chi connectivity index (χ2n) is 5.05. The van der Waals surface area contributed by atoms with Gasteiger partial charge >= 0.3 is 6.09 Å². The molecule has 13 heteroatoms. The number of hydrogen-bond donors (Lipinski definition) is 1. The summed E-state index contributed by atoms with van der Waals surface area (Å²) in [5.74, 6) is 0.0839. The van der Waals surface area contributed by atoms with Gasteiger partial charge in [-0.3, -0.25) is 10.1 Å². The Morgan fingerprint density at radius 2 is 1.96 bits per heavy atom. The molecule has 1 fully saturated rings. The van der Waals surface area contributed by atoms with Crippen LogP contribution >= 0.6 is 23.1 Å². The van der Waals surface area contributed by atoms with Gasteiger partial charge in [-0.1, -0.05) is 23.1 Å². The van der Waals surface area contributed by atoms with E-state index in [9.17, 15) is 18.0 Å². The molecule has 2 heterocycles. The van der Waals surface area contributed by atoms with Gasteiger partial charge in [0.2, 0.25) is 21.1 Å². The van der Waals surface area contributed by atoms with Crippen LogP contribution in [0, 0.1) is 0 Å². The molecule has 1 N–H and O–H groups in total. The molecule has 0 spiro atoms. The maximum Gasteiger partial charge on any atom is 0.413 e. The zero-order chi connectivity index (χ0) is 18.4. The van der Waals surface area contributed by atoms with E-state index in [4.69, 9.17) is 4.74 Å². The standard InChI is InChI=1S/C12H19N5O5S3/c1-3-22-11(19)13-10-14-15-12(24-10)23-8-9(18)16-4-6-17(7-5-16)25(2,20)21/h3-8H2,1-2H3,(H,13,14,19). The van der Waals surface area contributed by atoms with Crippen molar-refractivity contribution in [2.75, 3.05) is 50.1 Å². The van der Waals surface area contributed by atoms with E-state index in [1.54, 1.807) is 11.8 Å². The first-order valence-corrected chi connectivity index (χ1v) is 11.1. The molecule has 1 aromatic heterocycles. The molecule has 0 atom stereocenters. The molecule has 2 amide bonds. The fourth-order valence-electron chi connectivity index (χ4n) is 2.06. The number of amides is 2. The number of nitrogens with zero attached hydrogens (tertiary/aromatic N) is 4. The van der Waals surface area contributed by atoms with E-state index in [1.807, 2.05) is 0 Å². The number of sulfonamides is 1. The summed E-state index contributed by atoms with van der Waals surface area (Å²) in [6, 6.07) is 0. The van der Waals surface area contributed by atoms with Gasteiger partial charge in [0.25, 0.3) is 0 Å². The average Bonchev–Trinajstić information content (AvgIpc) is 2.99. The van der Waals surface area contributed by atoms with Gasteiger partial charge in [-0.15, -0.1) is 10.2 Å². The highest BCUT2D eigenvalue weighted by Crippen LogP contribution is 2.26. The highest BCUT2D eigenvalue weighted by molar-refractivity contribution is 8.01. The van der Waals surface area contributed by atoms with Gasteiger partial charge in [0.15, 0.2) is 4.34 Å². The molecule has 0 aliphatic carbocycles. The number of piperazine rings is 1. The number of carbonyl (C=O) groups excluding carboxylic acids is 2. The van der Waals surface area contributed by atoms with E-state index < -0.39 is 16.1 Å². The van der Waals surface area contributed by atoms with E-state index in [0.29, 0.717) is 35.7 Å². The number of hydrogen-bond acceptors (Lipinski definition) is 9. The largest absolute Gasteiger partial charge is 0.450 e. The van der Waals surface area contributed by atoms with Crippen molar-refractivity contribution in [1.29, 1.82) is 0 Å². The Morgan fingerprint density at radius 3 is 2.56 bits per heavy atom. The molecule has 1 saturated heterocycles. The van der Waals surface area contributed by atoms with Crippen molar-refractivity contribution in [3.8, 4) is 0 Å². The number of rotatable bonds is 6. The van der Waals surface area contributed by atoms with Crippen molar-refractivity contribution in [3.63, 3.8) is 0 Å². The Kier molecular flexibility index (Phi) is 6.98. The summed E-state index contributed by atoms with van der Waals surface area (Å²) < 4.78 is 29.6. The smallest absolute Gasteiger partial charge is 0.413 e. The molecule has 2 rings (SSSR count). The summed E-state index contributed by atoms with van der Waals surface area (Å²) in [5.41, 5.74) is 0. The van der Waals surface area contributed by atoms with Gasteiger partial charge in [-0.25, -0.2) is 13.2 Å². The summed E-state index contributed by atoms with van der Waals surface area (Å²) >= 11 is 2.37. The summed E-state index contributed by atoms with van der Waals surface area (Å²) in [4.78, 5) is 25.1. The van der Waals surface area contributed by atoms with E-state index in [2.05, 4.69) is 15.5 Å². The molecule has 0 aromatic carbocycles. The Bertz CT molecular complexity index is 714. The number of carbonyl (C=O) groups is 2. The first-order chi connectivity index (χ1) is 11.8. The number of ether oxygens (including phenoxy) is 1. The third kappa shape index (κ3) is 6.09. The molecule has 0 bridgehead atoms. The van der Waals surface area contributed by atoms with Crippen LogP contribution in [0.4, 0.5) is 9.93 Å². The Morgan fingerprint density at radius 1 is 1.28 bits per heavy atom. The van der Waals surface area contributed by atoms with Crippen LogP contribution in [0.2, 0.25) is 0 Å². The number of aromatic nitrogens is 2. The molecule has 0 saturated carbocycles. The fourth-order valence-corrected chi connectivity index (χ4v) is 4.52. The summed E-state index contributed by atoms with van der Waals surface area (Å²) in [6.45, 7) is 3.31. The van der Waals surface area contributed by atoms with Crippen LogP contribution in [0.1, 0.15) is 6.92 Å². The molecule has 140 valence electrons. The Balaban J connectivity index is 1.77. The van der Waals surface area contributed by atoms with Crippen molar-refractivity contribution in [3.05, 3.63) is 0 Å². The normalized spacial score (nSPS) is 15.8. The van der Waals surface area contributed by atoms with Crippen molar-refractivity contribution >= 4 is 50.3 Å². The first kappa shape index (κ1) is 19.9. The molecule has 1 aliphatic rings. The van der Waals surface area contributed by atoms with Gasteiger partial charge in [0, 0.05) is 26.2 Å². The van der Waals surface area contributed by atoms with E-state index >= 15 is 0 Å². The summed E-state index contributed by atoms with van der Waals surface area (Å²) in [7, 11) is -3.21. The molecule has 25 heavy (non-hydrogen) atoms. The van der Waals surface area contributed by atoms with Crippen LogP contribution in [-0.2, 0) is 19.6 Å². The van der Waals surface area contributed by atoms with Crippen LogP contribution in [0.15, 0.2) is 4.34 Å². The third-order valence-electron chi connectivity index (χ3n) is 3.27. The Hall–Kier alpha value is -1.44. The van der Waals surface area contributed by atoms with Crippen LogP contribution in [-0.4, -0.2) is 84.6 Å². The molecule has 0 radical (unpaired) electrons. The van der Waals surface area contributed by atoms with E-state index in [-0.39, 0.29) is 18.3 Å². The predicted octanol–water partition coefficient (Wildman–Crippen LogP) is 0.302. The van der Waals surface area contributed by atoms with E-state index in [1.165, 1.54) is 16.1 Å². The lowest BCUT2D eigenvalue weighted by atomic mass is 10.3. The zero-order valence-corrected chi connectivity index (χ0v) is 16.2. The van der Waals surface area contributed by atoms with Crippen LogP contribution < -0.4 is 5.32 Å². The second kappa shape index (κ2) is 8.78. The molecular formula is C12H19N5O5S3. The van der Waals surface area contributed by atoms with Gasteiger partial charge in [0.05, 0.1) is 18.6 Å². The summed E-state index contributed by atoms with van der Waals surface area (Å²) in [6.07, 6.45) is 0.563. The van der Waals surface area contributed by atoms with Gasteiger partial charge in [-0.05, 0) is 6.92 Å². The molecule has 0 unspecified atom stereocenters. The highest BCUT2D eigenvalue weighted by atomic mass is 32.2. The van der Waals surface area contributed by atoms with Crippen molar-refractivity contribution in [2.45, 2.75) is 11.3 Å². The average molecular weight is 410 g/mol. The van der Waals surface area contributed by atoms with E-state index in [0.717, 1.165) is 17.6 Å². The van der Waals surface area contributed by atoms with Crippen molar-refractivity contribution in [2.24, 2.45) is 0 Å². The fraction of sp³-hybridized carbons (Fsp3) is 0.667. The minimum atomic E-state index is -3.21. The van der Waals surface area contributed by atoms with Gasteiger partial charge in [-0.2, -0.15) is 4.31 Å². The predicted molar refractivity (Wildman–Crippen MR) is 94.3 cm³/mol. The van der Waals surface area contributed by atoms with Gasteiger partial charge < -0.3 is 9.64 Å². The molecule has 10 nitrogen and oxygen atoms in total. The topological polar surface area (TPSA) is 122 Å². The van der Waals surface area contributed by atoms with Crippen LogP contribution in [0.5, 0.6) is 0 Å². The lowest BCUT2D eigenvalue weighted by Crippen LogP contribution is -2.50. The summed E-state index contributed by atoms with van der Waals surface area (Å²) in [5, 5.41) is 10.4. The molecular weight excluding hydrogens is 390 g/mol. The van der Waals surface area contributed by atoms with Crippen molar-refractivity contribution in [1.82, 2.24) is 19.4 Å². The number of thioether (sulfide) groups is 1. The maximum absolute atomic E-state index is 12.2. The van der Waals surface area contributed by atoms with Gasteiger partial charge in [0.1, 0.15) is 0 Å². The highest BCUT2D eigenvalue weighted by Gasteiger charge is 2.26. The van der Waals surface area contributed by atoms with Crippen LogP contribution in [0.25, 0.3) is 0 Å². The quantitative estimate of drug-likeness (QED) is 0.526. The Labute approximate surface area is 154 Å². The molecule has 1 aliphatic heterocycles. The van der Waals surface area contributed by atoms with Crippen molar-refractivity contribution < 1.29 is 22.7 Å². The molecule has 1 aromatic rings. The minimum absolute atomic E-state index is 0.0896. The SMILES string of the molecule is CCOC(=O)Nc1nnc(SCC(=O)N2CCN(S(C)(=O)=O)CC2)s1. The zero-order valence-electron chi connectivity index (χ0n) is 13.8. The third-order valence-corrected chi connectivity index (χ3v) is 6.53. The number of nitrogens with one attached hydrogen (secondary N) is 1. The second-order valence-corrected chi connectivity index (χ2v) is 9.23. The minimum Gasteiger partial charge on any atom is -0.450 e. The number of anilines is 1. The maximum atomic E-state index is 12.2. The lowest BCUT2D eigenvalue weighted by Gasteiger charge is -2.33.